The van der Waals surface area contributed by atoms with Crippen LogP contribution in [0.4, 0.5) is 4.79 Å². The Labute approximate surface area is 101 Å². The van der Waals surface area contributed by atoms with Gasteiger partial charge in [0, 0.05) is 13.1 Å². The van der Waals surface area contributed by atoms with E-state index in [0.29, 0.717) is 19.5 Å². The zero-order chi connectivity index (χ0) is 12.7. The van der Waals surface area contributed by atoms with Crippen LogP contribution >= 0.6 is 0 Å². The molecule has 1 heterocycles. The normalized spacial score (nSPS) is 19.4. The fourth-order valence-electron chi connectivity index (χ4n) is 1.95. The van der Waals surface area contributed by atoms with E-state index in [1.807, 2.05) is 6.92 Å². The molecule has 0 unspecified atom stereocenters. The fraction of sp³-hybridized carbons (Fsp3) is 0.818. The van der Waals surface area contributed by atoms with Crippen LogP contribution in [0.15, 0.2) is 0 Å². The fourth-order valence-corrected chi connectivity index (χ4v) is 1.95. The molecule has 0 aromatic carbocycles. The molecule has 0 radical (unpaired) electrons. The molecule has 0 spiro atoms. The summed E-state index contributed by atoms with van der Waals surface area (Å²) in [4.78, 5) is 24.0. The van der Waals surface area contributed by atoms with E-state index in [9.17, 15) is 9.59 Å². The molecule has 1 rings (SSSR count). The number of hydrogen-bond donors (Lipinski definition) is 3. The molecule has 0 aliphatic carbocycles. The number of carboxylic acid groups (broad SMARTS) is 1. The largest absolute Gasteiger partial charge is 0.480 e. The summed E-state index contributed by atoms with van der Waals surface area (Å²) in [7, 11) is 0. The number of aliphatic carboxylic acids is 1. The standard InChI is InChI=1S/C11H21N3O3/c1-2-12-6-4-7-13-11(17)14-8-3-5-9(14)10(15)16/h9,12H,2-8H2,1H3,(H,13,17)(H,15,16)/t9-/m0/s1. The van der Waals surface area contributed by atoms with Gasteiger partial charge in [-0.15, -0.1) is 0 Å². The van der Waals surface area contributed by atoms with Crippen molar-refractivity contribution in [2.45, 2.75) is 32.2 Å². The Balaban J connectivity index is 2.25. The molecule has 0 aromatic heterocycles. The lowest BCUT2D eigenvalue weighted by Gasteiger charge is -2.21. The number of carbonyl (C=O) groups is 2. The summed E-state index contributed by atoms with van der Waals surface area (Å²) in [5.41, 5.74) is 0. The SMILES string of the molecule is CCNCCCNC(=O)N1CCC[C@H]1C(=O)O. The number of rotatable bonds is 6. The highest BCUT2D eigenvalue weighted by molar-refractivity contribution is 5.83. The molecule has 1 aliphatic rings. The van der Waals surface area contributed by atoms with Gasteiger partial charge in [-0.2, -0.15) is 0 Å². The van der Waals surface area contributed by atoms with E-state index in [-0.39, 0.29) is 6.03 Å². The van der Waals surface area contributed by atoms with Gasteiger partial charge in [-0.05, 0) is 32.4 Å². The Hall–Kier alpha value is -1.30. The second-order valence-corrected chi connectivity index (χ2v) is 4.13. The number of nitrogens with one attached hydrogen (secondary N) is 2. The molecular formula is C11H21N3O3. The van der Waals surface area contributed by atoms with Crippen LogP contribution in [0.1, 0.15) is 26.2 Å². The van der Waals surface area contributed by atoms with Crippen molar-refractivity contribution < 1.29 is 14.7 Å². The Kier molecular flexibility index (Phi) is 5.76. The number of nitrogens with zero attached hydrogens (tertiary/aromatic N) is 1. The Morgan fingerprint density at radius 2 is 2.18 bits per heavy atom. The third-order valence-corrected chi connectivity index (χ3v) is 2.86. The van der Waals surface area contributed by atoms with Gasteiger partial charge in [0.15, 0.2) is 0 Å². The lowest BCUT2D eigenvalue weighted by Crippen LogP contribution is -2.46. The van der Waals surface area contributed by atoms with E-state index in [2.05, 4.69) is 10.6 Å². The Morgan fingerprint density at radius 3 is 2.82 bits per heavy atom. The van der Waals surface area contributed by atoms with E-state index in [1.54, 1.807) is 0 Å². The molecule has 2 amide bonds. The topological polar surface area (TPSA) is 81.7 Å². The van der Waals surface area contributed by atoms with Crippen LogP contribution in [0.3, 0.4) is 0 Å². The van der Waals surface area contributed by atoms with Crippen LogP contribution in [0, 0.1) is 0 Å². The number of urea groups is 1. The molecule has 1 saturated heterocycles. The first-order chi connectivity index (χ1) is 8.16. The van der Waals surface area contributed by atoms with Crippen molar-refractivity contribution in [3.8, 4) is 0 Å². The number of amides is 2. The minimum Gasteiger partial charge on any atom is -0.480 e. The van der Waals surface area contributed by atoms with Crippen LogP contribution in [0.2, 0.25) is 0 Å². The third-order valence-electron chi connectivity index (χ3n) is 2.86. The smallest absolute Gasteiger partial charge is 0.326 e. The van der Waals surface area contributed by atoms with Crippen molar-refractivity contribution in [3.63, 3.8) is 0 Å². The van der Waals surface area contributed by atoms with Gasteiger partial charge in [-0.3, -0.25) is 0 Å². The summed E-state index contributed by atoms with van der Waals surface area (Å²) in [6, 6.07) is -0.907. The van der Waals surface area contributed by atoms with Gasteiger partial charge in [-0.25, -0.2) is 9.59 Å². The monoisotopic (exact) mass is 243 g/mol. The van der Waals surface area contributed by atoms with Crippen LogP contribution < -0.4 is 10.6 Å². The van der Waals surface area contributed by atoms with Gasteiger partial charge < -0.3 is 20.6 Å². The van der Waals surface area contributed by atoms with Gasteiger partial charge in [0.2, 0.25) is 0 Å². The maximum absolute atomic E-state index is 11.7. The van der Waals surface area contributed by atoms with Crippen LogP contribution in [-0.2, 0) is 4.79 Å². The van der Waals surface area contributed by atoms with E-state index in [1.165, 1.54) is 4.90 Å². The quantitative estimate of drug-likeness (QED) is 0.584. The lowest BCUT2D eigenvalue weighted by atomic mass is 10.2. The van der Waals surface area contributed by atoms with Gasteiger partial charge >= 0.3 is 12.0 Å². The Bertz CT molecular complexity index is 271. The van der Waals surface area contributed by atoms with Crippen molar-refractivity contribution in [1.82, 2.24) is 15.5 Å². The van der Waals surface area contributed by atoms with Crippen molar-refractivity contribution in [1.29, 1.82) is 0 Å². The first kappa shape index (κ1) is 13.8. The molecule has 0 aromatic rings. The van der Waals surface area contributed by atoms with Crippen LogP contribution in [-0.4, -0.2) is 54.2 Å². The molecule has 1 atom stereocenters. The number of hydrogen-bond acceptors (Lipinski definition) is 3. The molecule has 1 aliphatic heterocycles. The van der Waals surface area contributed by atoms with Gasteiger partial charge in [0.25, 0.3) is 0 Å². The second kappa shape index (κ2) is 7.11. The second-order valence-electron chi connectivity index (χ2n) is 4.13. The molecule has 0 saturated carbocycles. The first-order valence-electron chi connectivity index (χ1n) is 6.14. The molecule has 98 valence electrons. The maximum atomic E-state index is 11.7. The summed E-state index contributed by atoms with van der Waals surface area (Å²) in [5, 5.41) is 14.9. The summed E-state index contributed by atoms with van der Waals surface area (Å²) in [6.45, 7) is 4.92. The highest BCUT2D eigenvalue weighted by Crippen LogP contribution is 2.17. The molecule has 0 bridgehead atoms. The maximum Gasteiger partial charge on any atom is 0.326 e. The van der Waals surface area contributed by atoms with E-state index >= 15 is 0 Å². The predicted octanol–water partition coefficient (Wildman–Crippen LogP) is 0.245. The van der Waals surface area contributed by atoms with Crippen LogP contribution in [0.25, 0.3) is 0 Å². The van der Waals surface area contributed by atoms with Crippen molar-refractivity contribution in [3.05, 3.63) is 0 Å². The zero-order valence-corrected chi connectivity index (χ0v) is 10.2. The van der Waals surface area contributed by atoms with Crippen molar-refractivity contribution in [2.75, 3.05) is 26.2 Å². The van der Waals surface area contributed by atoms with Crippen molar-refractivity contribution in [2.24, 2.45) is 0 Å². The summed E-state index contributed by atoms with van der Waals surface area (Å²) in [6.07, 6.45) is 2.17. The average molecular weight is 243 g/mol. The van der Waals surface area contributed by atoms with Crippen LogP contribution in [0.5, 0.6) is 0 Å². The molecule has 17 heavy (non-hydrogen) atoms. The summed E-state index contributed by atoms with van der Waals surface area (Å²) in [5.74, 6) is -0.912. The molecule has 1 fully saturated rings. The average Bonchev–Trinajstić information content (AvgIpc) is 2.77. The zero-order valence-electron chi connectivity index (χ0n) is 10.2. The number of carboxylic acids is 1. The van der Waals surface area contributed by atoms with Crippen molar-refractivity contribution >= 4 is 12.0 Å². The summed E-state index contributed by atoms with van der Waals surface area (Å²) >= 11 is 0. The molecule has 6 heteroatoms. The van der Waals surface area contributed by atoms with E-state index in [0.717, 1.165) is 25.9 Å². The lowest BCUT2D eigenvalue weighted by molar-refractivity contribution is -0.141. The van der Waals surface area contributed by atoms with Gasteiger partial charge in [0.1, 0.15) is 6.04 Å². The van der Waals surface area contributed by atoms with E-state index < -0.39 is 12.0 Å². The Morgan fingerprint density at radius 1 is 1.41 bits per heavy atom. The highest BCUT2D eigenvalue weighted by Gasteiger charge is 2.33. The molecular weight excluding hydrogens is 222 g/mol. The minimum absolute atomic E-state index is 0.258. The molecule has 3 N–H and O–H groups in total. The highest BCUT2D eigenvalue weighted by atomic mass is 16.4. The third kappa shape index (κ3) is 4.22. The number of likely N-dealkylation sites (tertiary alicyclic amines) is 1. The predicted molar refractivity (Wildman–Crippen MR) is 63.9 cm³/mol. The molecule has 6 nitrogen and oxygen atoms in total. The number of carbonyl (C=O) groups excluding carboxylic acids is 1. The minimum atomic E-state index is -0.912. The van der Waals surface area contributed by atoms with Gasteiger partial charge in [0.05, 0.1) is 0 Å². The summed E-state index contributed by atoms with van der Waals surface area (Å²) < 4.78 is 0. The van der Waals surface area contributed by atoms with Gasteiger partial charge in [-0.1, -0.05) is 6.92 Å². The first-order valence-corrected chi connectivity index (χ1v) is 6.14. The van der Waals surface area contributed by atoms with E-state index in [4.69, 9.17) is 5.11 Å².